The van der Waals surface area contributed by atoms with Crippen molar-refractivity contribution in [3.05, 3.63) is 23.8 Å². The van der Waals surface area contributed by atoms with Gasteiger partial charge in [-0.15, -0.1) is 0 Å². The molecule has 1 heterocycles. The van der Waals surface area contributed by atoms with Crippen LogP contribution in [-0.2, 0) is 0 Å². The molecule has 1 aliphatic heterocycles. The molecule has 2 unspecified atom stereocenters. The van der Waals surface area contributed by atoms with Gasteiger partial charge in [-0.25, -0.2) is 0 Å². The minimum Gasteiger partial charge on any atom is -0.494 e. The van der Waals surface area contributed by atoms with Gasteiger partial charge in [-0.2, -0.15) is 0 Å². The van der Waals surface area contributed by atoms with Gasteiger partial charge in [0.25, 0.3) is 0 Å². The summed E-state index contributed by atoms with van der Waals surface area (Å²) in [6.07, 6.45) is 1.26. The number of fused-ring (bicyclic) bond motifs is 1. The van der Waals surface area contributed by atoms with E-state index >= 15 is 0 Å². The van der Waals surface area contributed by atoms with Gasteiger partial charge in [-0.3, -0.25) is 0 Å². The van der Waals surface area contributed by atoms with E-state index in [-0.39, 0.29) is 6.10 Å². The molecule has 0 saturated heterocycles. The molecule has 0 saturated carbocycles. The van der Waals surface area contributed by atoms with Crippen LogP contribution in [0, 0.1) is 0 Å². The maximum Gasteiger partial charge on any atom is 0.129 e. The number of aliphatic hydroxyl groups is 1. The van der Waals surface area contributed by atoms with Gasteiger partial charge in [0.15, 0.2) is 0 Å². The zero-order valence-electron chi connectivity index (χ0n) is 9.77. The lowest BCUT2D eigenvalue weighted by atomic mass is 10.0. The van der Waals surface area contributed by atoms with E-state index in [1.807, 2.05) is 25.1 Å². The SMILES string of the molecule is CCCC1Oc2ccc(OCC)cc2C1O. The number of ether oxygens (including phenoxy) is 2. The minimum absolute atomic E-state index is 0.100. The average molecular weight is 222 g/mol. The molecule has 0 fully saturated rings. The van der Waals surface area contributed by atoms with E-state index in [0.29, 0.717) is 6.61 Å². The van der Waals surface area contributed by atoms with Crippen molar-refractivity contribution >= 4 is 0 Å². The number of rotatable bonds is 4. The smallest absolute Gasteiger partial charge is 0.129 e. The fraction of sp³-hybridized carbons (Fsp3) is 0.538. The Morgan fingerprint density at radius 3 is 2.88 bits per heavy atom. The molecule has 0 amide bonds. The monoisotopic (exact) mass is 222 g/mol. The van der Waals surface area contributed by atoms with E-state index in [2.05, 4.69) is 6.92 Å². The summed E-state index contributed by atoms with van der Waals surface area (Å²) >= 11 is 0. The topological polar surface area (TPSA) is 38.7 Å². The van der Waals surface area contributed by atoms with E-state index in [0.717, 1.165) is 29.9 Å². The maximum atomic E-state index is 10.1. The summed E-state index contributed by atoms with van der Waals surface area (Å²) in [7, 11) is 0. The van der Waals surface area contributed by atoms with Crippen LogP contribution in [0.2, 0.25) is 0 Å². The quantitative estimate of drug-likeness (QED) is 0.851. The third-order valence-corrected chi connectivity index (χ3v) is 2.81. The van der Waals surface area contributed by atoms with Crippen molar-refractivity contribution in [2.45, 2.75) is 38.9 Å². The molecule has 88 valence electrons. The Hall–Kier alpha value is -1.22. The maximum absolute atomic E-state index is 10.1. The van der Waals surface area contributed by atoms with Crippen molar-refractivity contribution in [3.63, 3.8) is 0 Å². The van der Waals surface area contributed by atoms with Crippen LogP contribution in [0.25, 0.3) is 0 Å². The van der Waals surface area contributed by atoms with Crippen LogP contribution in [-0.4, -0.2) is 17.8 Å². The third kappa shape index (κ3) is 2.00. The molecule has 0 aliphatic carbocycles. The Labute approximate surface area is 96.0 Å². The number of benzene rings is 1. The van der Waals surface area contributed by atoms with Crippen molar-refractivity contribution in [1.29, 1.82) is 0 Å². The van der Waals surface area contributed by atoms with Crippen LogP contribution < -0.4 is 9.47 Å². The molecule has 3 nitrogen and oxygen atoms in total. The van der Waals surface area contributed by atoms with E-state index < -0.39 is 6.10 Å². The van der Waals surface area contributed by atoms with Crippen LogP contribution in [0.1, 0.15) is 38.4 Å². The summed E-state index contributed by atoms with van der Waals surface area (Å²) in [4.78, 5) is 0. The largest absolute Gasteiger partial charge is 0.494 e. The highest BCUT2D eigenvalue weighted by Crippen LogP contribution is 2.40. The normalized spacial score (nSPS) is 22.7. The van der Waals surface area contributed by atoms with Crippen molar-refractivity contribution in [1.82, 2.24) is 0 Å². The van der Waals surface area contributed by atoms with Crippen LogP contribution in [0.15, 0.2) is 18.2 Å². The van der Waals surface area contributed by atoms with Gasteiger partial charge in [0.1, 0.15) is 23.7 Å². The van der Waals surface area contributed by atoms with E-state index in [4.69, 9.17) is 9.47 Å². The van der Waals surface area contributed by atoms with Crippen LogP contribution in [0.3, 0.4) is 0 Å². The average Bonchev–Trinajstić information content (AvgIpc) is 2.58. The molecular formula is C13H18O3. The van der Waals surface area contributed by atoms with Crippen LogP contribution in [0.4, 0.5) is 0 Å². The fourth-order valence-corrected chi connectivity index (χ4v) is 2.05. The van der Waals surface area contributed by atoms with Gasteiger partial charge in [-0.1, -0.05) is 13.3 Å². The first kappa shape index (κ1) is 11.3. The summed E-state index contributed by atoms with van der Waals surface area (Å²) in [6.45, 7) is 4.67. The van der Waals surface area contributed by atoms with Gasteiger partial charge in [0.2, 0.25) is 0 Å². The van der Waals surface area contributed by atoms with Gasteiger partial charge < -0.3 is 14.6 Å². The molecule has 1 aromatic rings. The van der Waals surface area contributed by atoms with Crippen LogP contribution in [0.5, 0.6) is 11.5 Å². The second kappa shape index (κ2) is 4.74. The molecule has 16 heavy (non-hydrogen) atoms. The highest BCUT2D eigenvalue weighted by molar-refractivity contribution is 5.44. The highest BCUT2D eigenvalue weighted by Gasteiger charge is 2.32. The van der Waals surface area contributed by atoms with E-state index in [1.54, 1.807) is 0 Å². The molecule has 2 atom stereocenters. The van der Waals surface area contributed by atoms with Gasteiger partial charge in [0.05, 0.1) is 6.61 Å². The molecular weight excluding hydrogens is 204 g/mol. The molecule has 1 aliphatic rings. The van der Waals surface area contributed by atoms with Crippen LogP contribution >= 0.6 is 0 Å². The lowest BCUT2D eigenvalue weighted by Gasteiger charge is -2.12. The molecule has 0 bridgehead atoms. The molecule has 3 heteroatoms. The zero-order valence-corrected chi connectivity index (χ0v) is 9.77. The molecule has 0 radical (unpaired) electrons. The predicted octanol–water partition coefficient (Wildman–Crippen LogP) is 2.68. The lowest BCUT2D eigenvalue weighted by molar-refractivity contribution is 0.0616. The first-order chi connectivity index (χ1) is 7.76. The Balaban J connectivity index is 2.20. The van der Waals surface area contributed by atoms with Crippen molar-refractivity contribution in [3.8, 4) is 11.5 Å². The van der Waals surface area contributed by atoms with E-state index in [9.17, 15) is 5.11 Å². The van der Waals surface area contributed by atoms with Crippen molar-refractivity contribution in [2.75, 3.05) is 6.61 Å². The molecule has 0 spiro atoms. The van der Waals surface area contributed by atoms with Gasteiger partial charge in [-0.05, 0) is 31.5 Å². The number of hydrogen-bond acceptors (Lipinski definition) is 3. The van der Waals surface area contributed by atoms with Gasteiger partial charge in [0, 0.05) is 5.56 Å². The number of hydrogen-bond donors (Lipinski definition) is 1. The Bertz CT molecular complexity index is 362. The molecule has 2 rings (SSSR count). The Morgan fingerprint density at radius 1 is 1.38 bits per heavy atom. The summed E-state index contributed by atoms with van der Waals surface area (Å²) in [5.41, 5.74) is 0.851. The van der Waals surface area contributed by atoms with Crippen molar-refractivity contribution < 1.29 is 14.6 Å². The predicted molar refractivity (Wildman–Crippen MR) is 61.9 cm³/mol. The van der Waals surface area contributed by atoms with E-state index in [1.165, 1.54) is 0 Å². The first-order valence-corrected chi connectivity index (χ1v) is 5.87. The summed E-state index contributed by atoms with van der Waals surface area (Å²) in [5.74, 6) is 1.58. The second-order valence-corrected chi connectivity index (χ2v) is 4.02. The third-order valence-electron chi connectivity index (χ3n) is 2.81. The molecule has 1 N–H and O–H groups in total. The minimum atomic E-state index is -0.518. The summed E-state index contributed by atoms with van der Waals surface area (Å²) < 4.78 is 11.1. The van der Waals surface area contributed by atoms with Gasteiger partial charge >= 0.3 is 0 Å². The number of aliphatic hydroxyl groups excluding tert-OH is 1. The Kier molecular flexibility index (Phi) is 3.34. The summed E-state index contributed by atoms with van der Waals surface area (Å²) in [5, 5.41) is 10.1. The summed E-state index contributed by atoms with van der Waals surface area (Å²) in [6, 6.07) is 5.63. The zero-order chi connectivity index (χ0) is 11.5. The Morgan fingerprint density at radius 2 is 2.19 bits per heavy atom. The fourth-order valence-electron chi connectivity index (χ4n) is 2.05. The standard InChI is InChI=1S/C13H18O3/c1-3-5-12-13(14)10-8-9(15-4-2)6-7-11(10)16-12/h6-8,12-14H,3-5H2,1-2H3. The molecule has 0 aromatic heterocycles. The lowest BCUT2D eigenvalue weighted by Crippen LogP contribution is -2.17. The van der Waals surface area contributed by atoms with Crippen molar-refractivity contribution in [2.24, 2.45) is 0 Å². The second-order valence-electron chi connectivity index (χ2n) is 4.02. The first-order valence-electron chi connectivity index (χ1n) is 5.87. The molecule has 1 aromatic carbocycles. The highest BCUT2D eigenvalue weighted by atomic mass is 16.5.